The van der Waals surface area contributed by atoms with Gasteiger partial charge in [0.1, 0.15) is 0 Å². The molecule has 0 aromatic rings. The average molecular weight is 287 g/mol. The predicted molar refractivity (Wildman–Crippen MR) is 93.3 cm³/mol. The molecule has 19 heavy (non-hydrogen) atoms. The van der Waals surface area contributed by atoms with E-state index in [0.29, 0.717) is 0 Å². The van der Waals surface area contributed by atoms with Crippen LogP contribution in [-0.2, 0) is 0 Å². The minimum atomic E-state index is 0.868. The summed E-state index contributed by atoms with van der Waals surface area (Å²) in [5, 5.41) is 1.74. The highest BCUT2D eigenvalue weighted by atomic mass is 32.2. The van der Waals surface area contributed by atoms with Gasteiger partial charge in [-0.2, -0.15) is 11.8 Å². The first-order valence-corrected chi connectivity index (χ1v) is 9.80. The largest absolute Gasteiger partial charge is 0.156 e. The summed E-state index contributed by atoms with van der Waals surface area (Å²) in [6.45, 7) is 9.44. The van der Waals surface area contributed by atoms with Crippen molar-refractivity contribution >= 4 is 11.8 Å². The molecule has 0 amide bonds. The van der Waals surface area contributed by atoms with Crippen molar-refractivity contribution in [3.63, 3.8) is 0 Å². The van der Waals surface area contributed by atoms with E-state index in [0.717, 1.165) is 10.5 Å². The first-order valence-electron chi connectivity index (χ1n) is 8.86. The van der Waals surface area contributed by atoms with Gasteiger partial charge in [-0.25, -0.2) is 0 Å². The van der Waals surface area contributed by atoms with Gasteiger partial charge in [0.2, 0.25) is 0 Å². The number of hydrogen-bond donors (Lipinski definition) is 0. The van der Waals surface area contributed by atoms with E-state index in [1.807, 2.05) is 0 Å². The number of hydrogen-bond acceptors (Lipinski definition) is 1. The standard InChI is InChI=1S/C18H38S/c1-5-7-9-11-13-15-17(3)19-18(4)16-14-12-10-8-6-2/h17-18H,5-16H2,1-4H3. The van der Waals surface area contributed by atoms with Gasteiger partial charge in [-0.15, -0.1) is 0 Å². The summed E-state index contributed by atoms with van der Waals surface area (Å²) in [6.07, 6.45) is 17.1. The van der Waals surface area contributed by atoms with Crippen LogP contribution < -0.4 is 0 Å². The lowest BCUT2D eigenvalue weighted by molar-refractivity contribution is 0.598. The normalized spacial score (nSPS) is 14.5. The molecule has 0 aromatic carbocycles. The number of thioether (sulfide) groups is 1. The van der Waals surface area contributed by atoms with Crippen molar-refractivity contribution in [1.82, 2.24) is 0 Å². The molecule has 1 heteroatoms. The maximum atomic E-state index is 2.43. The zero-order valence-electron chi connectivity index (χ0n) is 14.0. The summed E-state index contributed by atoms with van der Waals surface area (Å²) >= 11 is 2.23. The third-order valence-corrected chi connectivity index (χ3v) is 5.29. The monoisotopic (exact) mass is 286 g/mol. The van der Waals surface area contributed by atoms with Gasteiger partial charge in [-0.05, 0) is 12.8 Å². The summed E-state index contributed by atoms with van der Waals surface area (Å²) in [5.74, 6) is 0. The molecule has 0 aliphatic heterocycles. The highest BCUT2D eigenvalue weighted by Gasteiger charge is 2.08. The van der Waals surface area contributed by atoms with Crippen molar-refractivity contribution in [1.29, 1.82) is 0 Å². The Hall–Kier alpha value is 0.350. The van der Waals surface area contributed by atoms with Crippen LogP contribution >= 0.6 is 11.8 Å². The lowest BCUT2D eigenvalue weighted by Gasteiger charge is -2.17. The first-order chi connectivity index (χ1) is 9.20. The fourth-order valence-electron chi connectivity index (χ4n) is 2.60. The van der Waals surface area contributed by atoms with Crippen molar-refractivity contribution in [2.45, 2.75) is 115 Å². The molecule has 0 saturated carbocycles. The van der Waals surface area contributed by atoms with Crippen LogP contribution in [0.25, 0.3) is 0 Å². The Kier molecular flexibility index (Phi) is 15.0. The smallest absolute Gasteiger partial charge is 0.00213 e. The van der Waals surface area contributed by atoms with Crippen molar-refractivity contribution in [2.24, 2.45) is 0 Å². The quantitative estimate of drug-likeness (QED) is 0.304. The fraction of sp³-hybridized carbons (Fsp3) is 1.00. The van der Waals surface area contributed by atoms with Crippen molar-refractivity contribution in [3.8, 4) is 0 Å². The Morgan fingerprint density at radius 3 is 1.32 bits per heavy atom. The summed E-state index contributed by atoms with van der Waals surface area (Å²) in [6, 6.07) is 0. The van der Waals surface area contributed by atoms with E-state index in [9.17, 15) is 0 Å². The van der Waals surface area contributed by atoms with Crippen LogP contribution in [0.5, 0.6) is 0 Å². The fourth-order valence-corrected chi connectivity index (χ4v) is 4.00. The molecule has 0 spiro atoms. The second-order valence-corrected chi connectivity index (χ2v) is 8.04. The Bertz CT molecular complexity index is 149. The number of unbranched alkanes of at least 4 members (excludes halogenated alkanes) is 8. The van der Waals surface area contributed by atoms with Crippen LogP contribution in [-0.4, -0.2) is 10.5 Å². The molecule has 0 aliphatic rings. The predicted octanol–water partition coefficient (Wildman–Crippen LogP) is 7.22. The highest BCUT2D eigenvalue weighted by molar-refractivity contribution is 8.00. The van der Waals surface area contributed by atoms with E-state index >= 15 is 0 Å². The van der Waals surface area contributed by atoms with Gasteiger partial charge < -0.3 is 0 Å². The van der Waals surface area contributed by atoms with E-state index in [4.69, 9.17) is 0 Å². The summed E-state index contributed by atoms with van der Waals surface area (Å²) in [7, 11) is 0. The van der Waals surface area contributed by atoms with Crippen LogP contribution in [0, 0.1) is 0 Å². The molecule has 2 atom stereocenters. The molecule has 0 heterocycles. The molecule has 0 fully saturated rings. The van der Waals surface area contributed by atoms with Gasteiger partial charge in [0.15, 0.2) is 0 Å². The van der Waals surface area contributed by atoms with E-state index < -0.39 is 0 Å². The molecule has 0 rings (SSSR count). The van der Waals surface area contributed by atoms with Gasteiger partial charge in [0.25, 0.3) is 0 Å². The van der Waals surface area contributed by atoms with Crippen LogP contribution in [0.1, 0.15) is 105 Å². The van der Waals surface area contributed by atoms with Gasteiger partial charge in [0, 0.05) is 10.5 Å². The molecule has 0 aliphatic carbocycles. The van der Waals surface area contributed by atoms with Gasteiger partial charge in [0.05, 0.1) is 0 Å². The van der Waals surface area contributed by atoms with Gasteiger partial charge in [-0.3, -0.25) is 0 Å². The van der Waals surface area contributed by atoms with Gasteiger partial charge in [-0.1, -0.05) is 91.9 Å². The zero-order valence-corrected chi connectivity index (χ0v) is 14.9. The van der Waals surface area contributed by atoms with E-state index in [-0.39, 0.29) is 0 Å². The Balaban J connectivity index is 3.34. The SMILES string of the molecule is CCCCCCCC(C)SC(C)CCCCCCC. The zero-order chi connectivity index (χ0) is 14.3. The van der Waals surface area contributed by atoms with Crippen molar-refractivity contribution in [3.05, 3.63) is 0 Å². The average Bonchev–Trinajstić information content (AvgIpc) is 2.38. The van der Waals surface area contributed by atoms with Gasteiger partial charge >= 0.3 is 0 Å². The number of rotatable bonds is 14. The Morgan fingerprint density at radius 2 is 0.947 bits per heavy atom. The maximum absolute atomic E-state index is 2.43. The van der Waals surface area contributed by atoms with Crippen LogP contribution in [0.3, 0.4) is 0 Å². The van der Waals surface area contributed by atoms with Crippen LogP contribution in [0.15, 0.2) is 0 Å². The molecule has 2 unspecified atom stereocenters. The Morgan fingerprint density at radius 1 is 0.579 bits per heavy atom. The summed E-state index contributed by atoms with van der Waals surface area (Å²) in [5.41, 5.74) is 0. The first kappa shape index (κ1) is 19.4. The van der Waals surface area contributed by atoms with E-state index in [2.05, 4.69) is 39.5 Å². The summed E-state index contributed by atoms with van der Waals surface area (Å²) in [4.78, 5) is 0. The topological polar surface area (TPSA) is 0 Å². The molecule has 0 N–H and O–H groups in total. The summed E-state index contributed by atoms with van der Waals surface area (Å²) < 4.78 is 0. The molecular formula is C18H38S. The molecule has 116 valence electrons. The second-order valence-electron chi connectivity index (χ2n) is 6.16. The minimum Gasteiger partial charge on any atom is -0.156 e. The molecule has 0 aromatic heterocycles. The van der Waals surface area contributed by atoms with Crippen LogP contribution in [0.2, 0.25) is 0 Å². The van der Waals surface area contributed by atoms with E-state index in [1.54, 1.807) is 0 Å². The highest BCUT2D eigenvalue weighted by Crippen LogP contribution is 2.26. The third-order valence-electron chi connectivity index (χ3n) is 3.89. The van der Waals surface area contributed by atoms with E-state index in [1.165, 1.54) is 77.0 Å². The van der Waals surface area contributed by atoms with Crippen molar-refractivity contribution in [2.75, 3.05) is 0 Å². The molecule has 0 saturated heterocycles. The molecule has 0 bridgehead atoms. The molecular weight excluding hydrogens is 248 g/mol. The minimum absolute atomic E-state index is 0.868. The molecule has 0 radical (unpaired) electrons. The lowest BCUT2D eigenvalue weighted by atomic mass is 10.1. The lowest BCUT2D eigenvalue weighted by Crippen LogP contribution is -2.05. The van der Waals surface area contributed by atoms with Crippen LogP contribution in [0.4, 0.5) is 0 Å². The second kappa shape index (κ2) is 14.8. The molecule has 0 nitrogen and oxygen atoms in total. The maximum Gasteiger partial charge on any atom is 0.00213 e. The Labute approximate surface area is 127 Å². The third kappa shape index (κ3) is 14.6. The van der Waals surface area contributed by atoms with Crippen molar-refractivity contribution < 1.29 is 0 Å².